The van der Waals surface area contributed by atoms with E-state index in [0.29, 0.717) is 5.56 Å². The normalized spacial score (nSPS) is 10.6. The molecule has 3 nitrogen and oxygen atoms in total. The number of fused-ring (bicyclic) bond motifs is 1. The van der Waals surface area contributed by atoms with Gasteiger partial charge < -0.3 is 4.98 Å². The van der Waals surface area contributed by atoms with Gasteiger partial charge in [-0.05, 0) is 35.9 Å². The molecule has 0 bridgehead atoms. The summed E-state index contributed by atoms with van der Waals surface area (Å²) in [5, 5.41) is 9.67. The molecule has 0 spiro atoms. The number of halogens is 1. The van der Waals surface area contributed by atoms with Gasteiger partial charge >= 0.3 is 0 Å². The number of hydrogen-bond acceptors (Lipinski definition) is 3. The molecule has 0 aliphatic heterocycles. The topological polar surface area (TPSA) is 52.5 Å². The van der Waals surface area contributed by atoms with E-state index in [2.05, 4.69) is 32.0 Å². The number of thioether (sulfide) groups is 1. The maximum absolute atomic E-state index is 8.77. The third-order valence-corrected chi connectivity index (χ3v) is 4.32. The van der Waals surface area contributed by atoms with Crippen LogP contribution < -0.4 is 0 Å². The van der Waals surface area contributed by atoms with E-state index in [0.717, 1.165) is 26.4 Å². The molecular formula is C15H10BrN3S. The quantitative estimate of drug-likeness (QED) is 0.712. The van der Waals surface area contributed by atoms with Crippen LogP contribution in [0.25, 0.3) is 11.0 Å². The van der Waals surface area contributed by atoms with Gasteiger partial charge in [0.25, 0.3) is 0 Å². The van der Waals surface area contributed by atoms with Gasteiger partial charge in [-0.3, -0.25) is 0 Å². The van der Waals surface area contributed by atoms with E-state index in [1.165, 1.54) is 5.56 Å². The van der Waals surface area contributed by atoms with Crippen LogP contribution in [0.15, 0.2) is 52.1 Å². The van der Waals surface area contributed by atoms with Crippen LogP contribution in [0.4, 0.5) is 0 Å². The highest BCUT2D eigenvalue weighted by Crippen LogP contribution is 2.24. The molecule has 0 aliphatic rings. The minimum absolute atomic E-state index is 0.687. The Hall–Kier alpha value is -1.77. The van der Waals surface area contributed by atoms with Crippen molar-refractivity contribution >= 4 is 38.7 Å². The summed E-state index contributed by atoms with van der Waals surface area (Å²) < 4.78 is 1.04. The van der Waals surface area contributed by atoms with Gasteiger partial charge in [-0.15, -0.1) is 0 Å². The van der Waals surface area contributed by atoms with Crippen LogP contribution in [0.5, 0.6) is 0 Å². The van der Waals surface area contributed by atoms with E-state index >= 15 is 0 Å². The Morgan fingerprint density at radius 3 is 2.75 bits per heavy atom. The molecule has 0 saturated heterocycles. The van der Waals surface area contributed by atoms with E-state index in [1.807, 2.05) is 42.5 Å². The summed E-state index contributed by atoms with van der Waals surface area (Å²) in [6, 6.07) is 15.7. The van der Waals surface area contributed by atoms with Crippen molar-refractivity contribution in [2.75, 3.05) is 0 Å². The third kappa shape index (κ3) is 2.87. The number of rotatable bonds is 3. The largest absolute Gasteiger partial charge is 0.333 e. The number of nitrogens with zero attached hydrogens (tertiary/aromatic N) is 2. The molecule has 5 heteroatoms. The van der Waals surface area contributed by atoms with Gasteiger partial charge in [0.1, 0.15) is 0 Å². The second-order valence-electron chi connectivity index (χ2n) is 4.30. The van der Waals surface area contributed by atoms with Gasteiger partial charge in [0.05, 0.1) is 22.7 Å². The fraction of sp³-hybridized carbons (Fsp3) is 0.0667. The monoisotopic (exact) mass is 343 g/mol. The summed E-state index contributed by atoms with van der Waals surface area (Å²) >= 11 is 5.10. The van der Waals surface area contributed by atoms with Gasteiger partial charge in [-0.1, -0.05) is 39.8 Å². The lowest BCUT2D eigenvalue weighted by Crippen LogP contribution is -1.82. The van der Waals surface area contributed by atoms with Crippen molar-refractivity contribution in [2.24, 2.45) is 0 Å². The van der Waals surface area contributed by atoms with Crippen molar-refractivity contribution in [3.05, 3.63) is 58.1 Å². The Balaban J connectivity index is 1.74. The lowest BCUT2D eigenvalue weighted by molar-refractivity contribution is 1.08. The lowest BCUT2D eigenvalue weighted by atomic mass is 10.2. The van der Waals surface area contributed by atoms with Gasteiger partial charge in [0.15, 0.2) is 5.16 Å². The zero-order valence-corrected chi connectivity index (χ0v) is 12.8. The molecule has 20 heavy (non-hydrogen) atoms. The molecule has 0 aliphatic carbocycles. The number of benzene rings is 2. The molecule has 0 saturated carbocycles. The third-order valence-electron chi connectivity index (χ3n) is 2.88. The Bertz CT molecular complexity index is 787. The minimum atomic E-state index is 0.687. The number of hydrogen-bond donors (Lipinski definition) is 1. The van der Waals surface area contributed by atoms with Crippen LogP contribution in [-0.2, 0) is 5.75 Å². The van der Waals surface area contributed by atoms with Crippen LogP contribution in [0, 0.1) is 11.3 Å². The predicted octanol–water partition coefficient (Wildman–Crippen LogP) is 4.49. The molecule has 3 rings (SSSR count). The first-order valence-corrected chi connectivity index (χ1v) is 7.79. The maximum atomic E-state index is 8.77. The molecule has 1 aromatic heterocycles. The first kappa shape index (κ1) is 13.2. The van der Waals surface area contributed by atoms with Crippen LogP contribution in [0.1, 0.15) is 11.1 Å². The van der Waals surface area contributed by atoms with E-state index in [9.17, 15) is 0 Å². The standard InChI is InChI=1S/C15H10BrN3S/c16-12-5-6-13-14(7-12)19-15(18-13)20-9-11-3-1-10(8-17)2-4-11/h1-7H,9H2,(H,18,19). The molecule has 0 amide bonds. The molecule has 3 aromatic rings. The Morgan fingerprint density at radius 1 is 1.20 bits per heavy atom. The average Bonchev–Trinajstić information content (AvgIpc) is 2.87. The van der Waals surface area contributed by atoms with Crippen molar-refractivity contribution in [2.45, 2.75) is 10.9 Å². The van der Waals surface area contributed by atoms with E-state index < -0.39 is 0 Å². The van der Waals surface area contributed by atoms with Crippen LogP contribution >= 0.6 is 27.7 Å². The molecule has 1 heterocycles. The number of aromatic nitrogens is 2. The number of aromatic amines is 1. The van der Waals surface area contributed by atoms with E-state index in [-0.39, 0.29) is 0 Å². The molecule has 0 atom stereocenters. The molecule has 98 valence electrons. The molecule has 1 N–H and O–H groups in total. The highest BCUT2D eigenvalue weighted by Gasteiger charge is 2.04. The van der Waals surface area contributed by atoms with Crippen molar-refractivity contribution in [1.29, 1.82) is 5.26 Å². The second-order valence-corrected chi connectivity index (χ2v) is 6.18. The number of nitriles is 1. The Labute approximate surface area is 129 Å². The SMILES string of the molecule is N#Cc1ccc(CSc2nc3ccc(Br)cc3[nH]2)cc1. The van der Waals surface area contributed by atoms with Crippen molar-refractivity contribution in [1.82, 2.24) is 9.97 Å². The molecule has 0 unspecified atom stereocenters. The van der Waals surface area contributed by atoms with Gasteiger partial charge in [-0.25, -0.2) is 4.98 Å². The van der Waals surface area contributed by atoms with Crippen molar-refractivity contribution < 1.29 is 0 Å². The maximum Gasteiger partial charge on any atom is 0.166 e. The highest BCUT2D eigenvalue weighted by atomic mass is 79.9. The van der Waals surface area contributed by atoms with Crippen LogP contribution in [-0.4, -0.2) is 9.97 Å². The molecule has 0 radical (unpaired) electrons. The first-order valence-electron chi connectivity index (χ1n) is 6.02. The fourth-order valence-corrected chi connectivity index (χ4v) is 3.06. The molecular weight excluding hydrogens is 334 g/mol. The Kier molecular flexibility index (Phi) is 3.77. The van der Waals surface area contributed by atoms with Gasteiger partial charge in [-0.2, -0.15) is 5.26 Å². The number of imidazole rings is 1. The Morgan fingerprint density at radius 2 is 2.00 bits per heavy atom. The van der Waals surface area contributed by atoms with Crippen LogP contribution in [0.3, 0.4) is 0 Å². The predicted molar refractivity (Wildman–Crippen MR) is 84.5 cm³/mol. The summed E-state index contributed by atoms with van der Waals surface area (Å²) in [5.74, 6) is 0.826. The zero-order chi connectivity index (χ0) is 13.9. The lowest BCUT2D eigenvalue weighted by Gasteiger charge is -1.98. The van der Waals surface area contributed by atoms with Crippen molar-refractivity contribution in [3.8, 4) is 6.07 Å². The molecule has 0 fully saturated rings. The number of nitrogens with one attached hydrogen (secondary N) is 1. The smallest absolute Gasteiger partial charge is 0.166 e. The molecule has 2 aromatic carbocycles. The summed E-state index contributed by atoms with van der Waals surface area (Å²) in [7, 11) is 0. The average molecular weight is 344 g/mol. The second kappa shape index (κ2) is 5.70. The first-order chi connectivity index (χ1) is 9.74. The van der Waals surface area contributed by atoms with E-state index in [4.69, 9.17) is 5.26 Å². The summed E-state index contributed by atoms with van der Waals surface area (Å²) in [6.07, 6.45) is 0. The van der Waals surface area contributed by atoms with Gasteiger partial charge in [0, 0.05) is 10.2 Å². The highest BCUT2D eigenvalue weighted by molar-refractivity contribution is 9.10. The zero-order valence-electron chi connectivity index (χ0n) is 10.4. The number of H-pyrrole nitrogens is 1. The van der Waals surface area contributed by atoms with E-state index in [1.54, 1.807) is 11.8 Å². The summed E-state index contributed by atoms with van der Waals surface area (Å²) in [6.45, 7) is 0. The summed E-state index contributed by atoms with van der Waals surface area (Å²) in [5.41, 5.74) is 3.86. The van der Waals surface area contributed by atoms with Crippen molar-refractivity contribution in [3.63, 3.8) is 0 Å². The van der Waals surface area contributed by atoms with Crippen LogP contribution in [0.2, 0.25) is 0 Å². The minimum Gasteiger partial charge on any atom is -0.333 e. The fourth-order valence-electron chi connectivity index (χ4n) is 1.85. The summed E-state index contributed by atoms with van der Waals surface area (Å²) in [4.78, 5) is 7.84. The van der Waals surface area contributed by atoms with Gasteiger partial charge in [0.2, 0.25) is 0 Å².